The Labute approximate surface area is 113 Å². The van der Waals surface area contributed by atoms with Crippen molar-refractivity contribution in [2.75, 3.05) is 11.9 Å². The van der Waals surface area contributed by atoms with E-state index in [1.165, 1.54) is 11.8 Å². The molecule has 0 spiro atoms. The Bertz CT molecular complexity index is 586. The van der Waals surface area contributed by atoms with Crippen LogP contribution in [0.2, 0.25) is 0 Å². The number of carboxylic acids is 1. The van der Waals surface area contributed by atoms with E-state index in [0.29, 0.717) is 11.7 Å². The number of hydrogen-bond donors (Lipinski definition) is 2. The van der Waals surface area contributed by atoms with Crippen molar-refractivity contribution >= 4 is 22.4 Å². The van der Waals surface area contributed by atoms with Gasteiger partial charge in [-0.3, -0.25) is 0 Å². The van der Waals surface area contributed by atoms with Crippen LogP contribution in [0.5, 0.6) is 5.75 Å². The Morgan fingerprint density at radius 1 is 1.53 bits per heavy atom. The largest absolute Gasteiger partial charge is 0.488 e. The van der Waals surface area contributed by atoms with Crippen molar-refractivity contribution in [2.45, 2.75) is 12.5 Å². The van der Waals surface area contributed by atoms with E-state index in [0.717, 1.165) is 23.5 Å². The summed E-state index contributed by atoms with van der Waals surface area (Å²) in [5.74, 6) is -0.0188. The molecule has 19 heavy (non-hydrogen) atoms. The number of thiazole rings is 1. The summed E-state index contributed by atoms with van der Waals surface area (Å²) in [5, 5.41) is 12.5. The molecule has 2 N–H and O–H groups in total. The third-order valence-corrected chi connectivity index (χ3v) is 3.85. The van der Waals surface area contributed by atoms with Crippen molar-refractivity contribution in [3.8, 4) is 5.75 Å². The highest BCUT2D eigenvalue weighted by molar-refractivity contribution is 7.17. The quantitative estimate of drug-likeness (QED) is 0.896. The highest BCUT2D eigenvalue weighted by Gasteiger charge is 2.22. The Kier molecular flexibility index (Phi) is 3.08. The number of carboxylic acid groups (broad SMARTS) is 1. The number of carbonyl (C=O) groups is 1. The Hall–Kier alpha value is -2.08. The fraction of sp³-hybridized carbons (Fsp3) is 0.231. The van der Waals surface area contributed by atoms with E-state index >= 15 is 0 Å². The minimum Gasteiger partial charge on any atom is -0.488 e. The second-order valence-electron chi connectivity index (χ2n) is 4.27. The fourth-order valence-electron chi connectivity index (χ4n) is 2.02. The molecule has 98 valence electrons. The smallest absolute Gasteiger partial charge is 0.347 e. The molecule has 1 aromatic heterocycles. The van der Waals surface area contributed by atoms with Crippen LogP contribution in [0.3, 0.4) is 0 Å². The predicted molar refractivity (Wildman–Crippen MR) is 72.1 cm³/mol. The van der Waals surface area contributed by atoms with Gasteiger partial charge in [0.2, 0.25) is 0 Å². The molecule has 0 radical (unpaired) electrons. The zero-order valence-corrected chi connectivity index (χ0v) is 10.8. The molecule has 5 nitrogen and oxygen atoms in total. The molecule has 0 bridgehead atoms. The lowest BCUT2D eigenvalue weighted by molar-refractivity contribution is 0.0702. The molecule has 2 heterocycles. The van der Waals surface area contributed by atoms with Crippen LogP contribution >= 0.6 is 11.3 Å². The van der Waals surface area contributed by atoms with Gasteiger partial charge < -0.3 is 15.2 Å². The van der Waals surface area contributed by atoms with Gasteiger partial charge in [0.1, 0.15) is 16.7 Å². The molecule has 1 aliphatic rings. The SMILES string of the molecule is O=C(O)c1cnc(NCC2Cc3ccccc3O2)s1. The lowest BCUT2D eigenvalue weighted by Gasteiger charge is -2.10. The number of nitrogens with one attached hydrogen (secondary N) is 1. The first-order chi connectivity index (χ1) is 9.22. The first-order valence-electron chi connectivity index (χ1n) is 5.90. The number of para-hydroxylation sites is 1. The Morgan fingerprint density at radius 3 is 3.11 bits per heavy atom. The van der Waals surface area contributed by atoms with Gasteiger partial charge in [-0.15, -0.1) is 0 Å². The van der Waals surface area contributed by atoms with Gasteiger partial charge in [0.15, 0.2) is 5.13 Å². The van der Waals surface area contributed by atoms with Crippen LogP contribution in [0.1, 0.15) is 15.2 Å². The van der Waals surface area contributed by atoms with E-state index in [1.807, 2.05) is 18.2 Å². The zero-order chi connectivity index (χ0) is 13.2. The van der Waals surface area contributed by atoms with Crippen LogP contribution in [-0.2, 0) is 6.42 Å². The summed E-state index contributed by atoms with van der Waals surface area (Å²) in [4.78, 5) is 15.0. The number of rotatable bonds is 4. The van der Waals surface area contributed by atoms with Crippen LogP contribution in [-0.4, -0.2) is 28.7 Å². The summed E-state index contributed by atoms with van der Waals surface area (Å²) in [5.41, 5.74) is 1.21. The molecule has 0 amide bonds. The van der Waals surface area contributed by atoms with Crippen molar-refractivity contribution in [2.24, 2.45) is 0 Å². The minimum atomic E-state index is -0.949. The summed E-state index contributed by atoms with van der Waals surface area (Å²) >= 11 is 1.13. The molecule has 1 atom stereocenters. The molecule has 0 fully saturated rings. The van der Waals surface area contributed by atoms with E-state index in [2.05, 4.69) is 16.4 Å². The van der Waals surface area contributed by atoms with Crippen molar-refractivity contribution < 1.29 is 14.6 Å². The lowest BCUT2D eigenvalue weighted by atomic mass is 10.1. The number of aromatic carboxylic acids is 1. The van der Waals surface area contributed by atoms with Gasteiger partial charge in [-0.1, -0.05) is 29.5 Å². The van der Waals surface area contributed by atoms with E-state index in [4.69, 9.17) is 9.84 Å². The van der Waals surface area contributed by atoms with Crippen LogP contribution < -0.4 is 10.1 Å². The normalized spacial score (nSPS) is 16.7. The predicted octanol–water partition coefficient (Wildman–Crippen LogP) is 2.26. The lowest BCUT2D eigenvalue weighted by Crippen LogP contribution is -2.23. The molecule has 0 aliphatic carbocycles. The molecule has 6 heteroatoms. The minimum absolute atomic E-state index is 0.0644. The Balaban J connectivity index is 1.58. The monoisotopic (exact) mass is 276 g/mol. The number of fused-ring (bicyclic) bond motifs is 1. The third kappa shape index (κ3) is 2.53. The maximum Gasteiger partial charge on any atom is 0.347 e. The highest BCUT2D eigenvalue weighted by Crippen LogP contribution is 2.28. The van der Waals surface area contributed by atoms with Gasteiger partial charge in [-0.05, 0) is 11.6 Å². The van der Waals surface area contributed by atoms with Gasteiger partial charge in [-0.2, -0.15) is 0 Å². The van der Waals surface area contributed by atoms with Gasteiger partial charge in [0.05, 0.1) is 12.7 Å². The van der Waals surface area contributed by atoms with E-state index in [9.17, 15) is 4.79 Å². The number of hydrogen-bond acceptors (Lipinski definition) is 5. The van der Waals surface area contributed by atoms with E-state index in [1.54, 1.807) is 0 Å². The number of anilines is 1. The molecule has 1 aromatic carbocycles. The summed E-state index contributed by atoms with van der Waals surface area (Å²) in [7, 11) is 0. The maximum atomic E-state index is 10.7. The molecule has 2 aromatic rings. The summed E-state index contributed by atoms with van der Waals surface area (Å²) in [6.45, 7) is 0.612. The van der Waals surface area contributed by atoms with Gasteiger partial charge in [0.25, 0.3) is 0 Å². The highest BCUT2D eigenvalue weighted by atomic mass is 32.1. The topological polar surface area (TPSA) is 71.5 Å². The van der Waals surface area contributed by atoms with Crippen molar-refractivity contribution in [3.05, 3.63) is 40.9 Å². The fourth-order valence-corrected chi connectivity index (χ4v) is 2.69. The Morgan fingerprint density at radius 2 is 2.37 bits per heavy atom. The molecule has 0 saturated heterocycles. The number of aromatic nitrogens is 1. The third-order valence-electron chi connectivity index (χ3n) is 2.91. The molecular weight excluding hydrogens is 264 g/mol. The van der Waals surface area contributed by atoms with E-state index < -0.39 is 5.97 Å². The number of benzene rings is 1. The molecular formula is C13H12N2O3S. The average Bonchev–Trinajstić information content (AvgIpc) is 3.02. The molecule has 1 unspecified atom stereocenters. The van der Waals surface area contributed by atoms with Crippen LogP contribution in [0.15, 0.2) is 30.5 Å². The second-order valence-corrected chi connectivity index (χ2v) is 5.30. The first kappa shape index (κ1) is 12.0. The van der Waals surface area contributed by atoms with E-state index in [-0.39, 0.29) is 11.0 Å². The second kappa shape index (κ2) is 4.89. The average molecular weight is 276 g/mol. The number of nitrogens with zero attached hydrogens (tertiary/aromatic N) is 1. The number of ether oxygens (including phenoxy) is 1. The van der Waals surface area contributed by atoms with Crippen LogP contribution in [0.4, 0.5) is 5.13 Å². The molecule has 3 rings (SSSR count). The zero-order valence-electron chi connectivity index (χ0n) is 10.00. The van der Waals surface area contributed by atoms with Gasteiger partial charge >= 0.3 is 5.97 Å². The first-order valence-corrected chi connectivity index (χ1v) is 6.71. The van der Waals surface area contributed by atoms with Crippen LogP contribution in [0, 0.1) is 0 Å². The van der Waals surface area contributed by atoms with Gasteiger partial charge in [-0.25, -0.2) is 9.78 Å². The summed E-state index contributed by atoms with van der Waals surface area (Å²) < 4.78 is 5.78. The maximum absolute atomic E-state index is 10.7. The van der Waals surface area contributed by atoms with Crippen molar-refractivity contribution in [3.63, 3.8) is 0 Å². The van der Waals surface area contributed by atoms with Crippen molar-refractivity contribution in [1.82, 2.24) is 4.98 Å². The molecule has 0 saturated carbocycles. The summed E-state index contributed by atoms with van der Waals surface area (Å²) in [6.07, 6.45) is 2.29. The van der Waals surface area contributed by atoms with Crippen LogP contribution in [0.25, 0.3) is 0 Å². The molecule has 1 aliphatic heterocycles. The standard InChI is InChI=1S/C13H12N2O3S/c16-12(17)11-7-15-13(19-11)14-6-9-5-8-3-1-2-4-10(8)18-9/h1-4,7,9H,5-6H2,(H,14,15)(H,16,17). The van der Waals surface area contributed by atoms with Crippen molar-refractivity contribution in [1.29, 1.82) is 0 Å². The summed E-state index contributed by atoms with van der Waals surface area (Å²) in [6, 6.07) is 7.97. The van der Waals surface area contributed by atoms with Gasteiger partial charge in [0, 0.05) is 6.42 Å².